The molecule has 0 radical (unpaired) electrons. The summed E-state index contributed by atoms with van der Waals surface area (Å²) < 4.78 is 14.1. The van der Waals surface area contributed by atoms with Gasteiger partial charge >= 0.3 is 0 Å². The molecule has 0 atom stereocenters. The van der Waals surface area contributed by atoms with Gasteiger partial charge in [0.15, 0.2) is 11.3 Å². The highest BCUT2D eigenvalue weighted by Crippen LogP contribution is 2.35. The molecule has 1 amide bonds. The van der Waals surface area contributed by atoms with Crippen molar-refractivity contribution in [2.24, 2.45) is 7.05 Å². The zero-order chi connectivity index (χ0) is 20.7. The summed E-state index contributed by atoms with van der Waals surface area (Å²) in [7, 11) is 2.03. The van der Waals surface area contributed by atoms with E-state index < -0.39 is 0 Å². The number of fused-ring (bicyclic) bond motifs is 4. The van der Waals surface area contributed by atoms with E-state index in [-0.39, 0.29) is 5.91 Å². The topological polar surface area (TPSA) is 50.9 Å². The van der Waals surface area contributed by atoms with Crippen LogP contribution in [0.15, 0.2) is 34.9 Å². The van der Waals surface area contributed by atoms with Gasteiger partial charge in [-0.05, 0) is 38.3 Å². The Morgan fingerprint density at radius 3 is 2.90 bits per heavy atom. The van der Waals surface area contributed by atoms with Crippen LogP contribution in [0.25, 0.3) is 11.0 Å². The third-order valence-corrected chi connectivity index (χ3v) is 6.46. The van der Waals surface area contributed by atoms with Gasteiger partial charge < -0.3 is 18.6 Å². The van der Waals surface area contributed by atoms with Crippen LogP contribution >= 0.6 is 0 Å². The monoisotopic (exact) mass is 407 g/mol. The molecule has 5 rings (SSSR count). The van der Waals surface area contributed by atoms with Crippen LogP contribution in [-0.2, 0) is 26.4 Å². The van der Waals surface area contributed by atoms with Crippen molar-refractivity contribution in [2.75, 3.05) is 32.8 Å². The van der Waals surface area contributed by atoms with Gasteiger partial charge in [0.25, 0.3) is 5.91 Å². The lowest BCUT2D eigenvalue weighted by molar-refractivity contribution is 0.0735. The van der Waals surface area contributed by atoms with Gasteiger partial charge in [0.1, 0.15) is 5.76 Å². The highest BCUT2D eigenvalue weighted by Gasteiger charge is 2.27. The fourth-order valence-electron chi connectivity index (χ4n) is 4.86. The molecular weight excluding hydrogens is 378 g/mol. The number of ether oxygens (including phenoxy) is 1. The number of amides is 1. The van der Waals surface area contributed by atoms with E-state index in [9.17, 15) is 4.79 Å². The molecule has 0 fully saturated rings. The number of para-hydroxylation sites is 1. The predicted octanol–water partition coefficient (Wildman–Crippen LogP) is 3.62. The average molecular weight is 408 g/mol. The van der Waals surface area contributed by atoms with Gasteiger partial charge in [-0.15, -0.1) is 0 Å². The lowest BCUT2D eigenvalue weighted by Crippen LogP contribution is -2.40. The average Bonchev–Trinajstić information content (AvgIpc) is 3.26. The van der Waals surface area contributed by atoms with Gasteiger partial charge in [-0.2, -0.15) is 0 Å². The number of nitrogens with zero attached hydrogens (tertiary/aromatic N) is 3. The number of hydrogen-bond acceptors (Lipinski definition) is 4. The van der Waals surface area contributed by atoms with Crippen molar-refractivity contribution in [1.82, 2.24) is 14.4 Å². The van der Waals surface area contributed by atoms with Crippen LogP contribution in [0, 0.1) is 0 Å². The van der Waals surface area contributed by atoms with E-state index >= 15 is 0 Å². The van der Waals surface area contributed by atoms with Crippen LogP contribution in [-0.4, -0.2) is 53.1 Å². The highest BCUT2D eigenvalue weighted by atomic mass is 16.5. The molecule has 0 unspecified atom stereocenters. The summed E-state index contributed by atoms with van der Waals surface area (Å²) in [6.07, 6.45) is 4.95. The first kappa shape index (κ1) is 19.2. The zero-order valence-corrected chi connectivity index (χ0v) is 17.8. The normalized spacial score (nSPS) is 17.1. The molecule has 0 saturated carbocycles. The Hall–Kier alpha value is -2.73. The van der Waals surface area contributed by atoms with E-state index in [1.165, 1.54) is 10.9 Å². The maximum atomic E-state index is 13.0. The molecule has 0 bridgehead atoms. The van der Waals surface area contributed by atoms with E-state index in [2.05, 4.69) is 15.5 Å². The number of rotatable bonds is 5. The summed E-state index contributed by atoms with van der Waals surface area (Å²) in [5.41, 5.74) is 4.21. The molecule has 4 heterocycles. The number of aryl methyl sites for hydroxylation is 1. The smallest absolute Gasteiger partial charge is 0.255 e. The number of aromatic nitrogens is 1. The summed E-state index contributed by atoms with van der Waals surface area (Å²) >= 11 is 0. The first-order valence-corrected chi connectivity index (χ1v) is 11.0. The first-order valence-electron chi connectivity index (χ1n) is 11.0. The number of benzene rings is 1. The molecule has 0 spiro atoms. The minimum absolute atomic E-state index is 0.172. The number of carbonyl (C=O) groups excluding carboxylic acids is 1. The fourth-order valence-corrected chi connectivity index (χ4v) is 4.86. The van der Waals surface area contributed by atoms with E-state index in [0.29, 0.717) is 6.61 Å². The Kier molecular flexibility index (Phi) is 5.03. The quantitative estimate of drug-likeness (QED) is 0.648. The number of carbonyl (C=O) groups is 1. The molecule has 2 aromatic heterocycles. The summed E-state index contributed by atoms with van der Waals surface area (Å²) in [4.78, 5) is 17.4. The fraction of sp³-hybridized carbons (Fsp3) is 0.458. The number of furan rings is 1. The second-order valence-corrected chi connectivity index (χ2v) is 8.28. The molecule has 2 aliphatic heterocycles. The molecule has 30 heavy (non-hydrogen) atoms. The van der Waals surface area contributed by atoms with Crippen molar-refractivity contribution in [3.05, 3.63) is 53.0 Å². The molecule has 158 valence electrons. The van der Waals surface area contributed by atoms with Crippen LogP contribution in [0.4, 0.5) is 0 Å². The molecule has 2 aliphatic rings. The standard InChI is InChI=1S/C24H29N3O3/c1-3-29-21-8-4-6-18-17-10-13-26(16-22(17)30-23(18)21)14-15-27-11-5-7-20-19(24(27)28)9-12-25(20)2/h4,6,8-9,12H,3,5,7,10-11,13-16H2,1-2H3. The Morgan fingerprint density at radius 1 is 1.13 bits per heavy atom. The van der Waals surface area contributed by atoms with Gasteiger partial charge in [-0.25, -0.2) is 0 Å². The van der Waals surface area contributed by atoms with Gasteiger partial charge in [0.05, 0.1) is 18.7 Å². The summed E-state index contributed by atoms with van der Waals surface area (Å²) in [5.74, 6) is 2.03. The molecule has 6 nitrogen and oxygen atoms in total. The summed E-state index contributed by atoms with van der Waals surface area (Å²) in [6.45, 7) is 6.84. The van der Waals surface area contributed by atoms with E-state index in [1.807, 2.05) is 43.3 Å². The van der Waals surface area contributed by atoms with Crippen LogP contribution in [0.2, 0.25) is 0 Å². The van der Waals surface area contributed by atoms with Crippen molar-refractivity contribution >= 4 is 16.9 Å². The van der Waals surface area contributed by atoms with Crippen molar-refractivity contribution in [3.8, 4) is 5.75 Å². The van der Waals surface area contributed by atoms with Gasteiger partial charge in [-0.1, -0.05) is 12.1 Å². The molecule has 3 aromatic rings. The second-order valence-electron chi connectivity index (χ2n) is 8.28. The molecule has 6 heteroatoms. The first-order chi connectivity index (χ1) is 14.7. The maximum Gasteiger partial charge on any atom is 0.255 e. The maximum absolute atomic E-state index is 13.0. The third kappa shape index (κ3) is 3.29. The Bertz CT molecular complexity index is 1080. The molecule has 0 saturated heterocycles. The molecule has 0 N–H and O–H groups in total. The van der Waals surface area contributed by atoms with E-state index in [0.717, 1.165) is 80.3 Å². The molecule has 1 aromatic carbocycles. The van der Waals surface area contributed by atoms with Crippen LogP contribution < -0.4 is 4.74 Å². The van der Waals surface area contributed by atoms with E-state index in [1.54, 1.807) is 0 Å². The van der Waals surface area contributed by atoms with Gasteiger partial charge in [-0.3, -0.25) is 9.69 Å². The minimum Gasteiger partial charge on any atom is -0.490 e. The Labute approximate surface area is 177 Å². The van der Waals surface area contributed by atoms with Crippen molar-refractivity contribution in [1.29, 1.82) is 0 Å². The zero-order valence-electron chi connectivity index (χ0n) is 17.8. The number of hydrogen-bond donors (Lipinski definition) is 0. The predicted molar refractivity (Wildman–Crippen MR) is 116 cm³/mol. The van der Waals surface area contributed by atoms with Crippen molar-refractivity contribution < 1.29 is 13.9 Å². The SMILES string of the molecule is CCOc1cccc2c3c(oc12)CN(CCN1CCCc2c(ccn2C)C1=O)CC3. The third-order valence-electron chi connectivity index (χ3n) is 6.46. The Morgan fingerprint density at radius 2 is 2.03 bits per heavy atom. The van der Waals surface area contributed by atoms with Crippen molar-refractivity contribution in [2.45, 2.75) is 32.7 Å². The molecule has 0 aliphatic carbocycles. The largest absolute Gasteiger partial charge is 0.490 e. The van der Waals surface area contributed by atoms with Gasteiger partial charge in [0, 0.05) is 56.1 Å². The molecular formula is C24H29N3O3. The minimum atomic E-state index is 0.172. The Balaban J connectivity index is 1.28. The lowest BCUT2D eigenvalue weighted by atomic mass is 10.0. The second kappa shape index (κ2) is 7.84. The van der Waals surface area contributed by atoms with Crippen LogP contribution in [0.3, 0.4) is 0 Å². The lowest BCUT2D eigenvalue weighted by Gasteiger charge is -2.29. The van der Waals surface area contributed by atoms with Crippen molar-refractivity contribution in [3.63, 3.8) is 0 Å². The summed E-state index contributed by atoms with van der Waals surface area (Å²) in [5, 5.41) is 1.18. The van der Waals surface area contributed by atoms with E-state index in [4.69, 9.17) is 9.15 Å². The van der Waals surface area contributed by atoms with Crippen LogP contribution in [0.5, 0.6) is 5.75 Å². The summed E-state index contributed by atoms with van der Waals surface area (Å²) in [6, 6.07) is 8.11. The van der Waals surface area contributed by atoms with Gasteiger partial charge in [0.2, 0.25) is 0 Å². The highest BCUT2D eigenvalue weighted by molar-refractivity contribution is 5.96. The van der Waals surface area contributed by atoms with Crippen LogP contribution in [0.1, 0.15) is 40.7 Å².